The monoisotopic (exact) mass is 230 g/mol. The van der Waals surface area contributed by atoms with E-state index in [1.54, 1.807) is 6.92 Å². The Balaban J connectivity index is 2.02. The van der Waals surface area contributed by atoms with Gasteiger partial charge in [-0.15, -0.1) is 0 Å². The van der Waals surface area contributed by atoms with Crippen molar-refractivity contribution in [3.63, 3.8) is 0 Å². The molecule has 92 valence electrons. The van der Waals surface area contributed by atoms with Crippen molar-refractivity contribution in [3.05, 3.63) is 0 Å². The molecule has 16 heavy (non-hydrogen) atoms. The predicted octanol–water partition coefficient (Wildman–Crippen LogP) is 0.454. The highest BCUT2D eigenvalue weighted by Gasteiger charge is 2.47. The zero-order valence-corrected chi connectivity index (χ0v) is 9.48. The lowest BCUT2D eigenvalue weighted by Crippen LogP contribution is -2.45. The first-order chi connectivity index (χ1) is 7.67. The standard InChI is InChI=1S/C11H18O5/c1-2-14-10(13)8-7-11(4-3-9(8)12)15-5-6-16-11/h8-9,12H,2-7H2,1H3/t8-,9+/m1/s1. The van der Waals surface area contributed by atoms with Crippen LogP contribution in [-0.2, 0) is 19.0 Å². The molecule has 0 bridgehead atoms. The van der Waals surface area contributed by atoms with Crippen LogP contribution in [0.1, 0.15) is 26.2 Å². The topological polar surface area (TPSA) is 65.0 Å². The number of rotatable bonds is 2. The van der Waals surface area contributed by atoms with Crippen LogP contribution in [0.15, 0.2) is 0 Å². The highest BCUT2D eigenvalue weighted by Crippen LogP contribution is 2.39. The van der Waals surface area contributed by atoms with Crippen LogP contribution in [0.2, 0.25) is 0 Å². The molecule has 0 unspecified atom stereocenters. The normalized spacial score (nSPS) is 32.9. The molecule has 0 aromatic rings. The van der Waals surface area contributed by atoms with Gasteiger partial charge < -0.3 is 19.3 Å². The molecular weight excluding hydrogens is 212 g/mol. The lowest BCUT2D eigenvalue weighted by atomic mass is 9.82. The lowest BCUT2D eigenvalue weighted by Gasteiger charge is -2.37. The van der Waals surface area contributed by atoms with Crippen LogP contribution in [0.4, 0.5) is 0 Å². The van der Waals surface area contributed by atoms with Crippen LogP contribution < -0.4 is 0 Å². The average Bonchev–Trinajstić information content (AvgIpc) is 2.71. The Hall–Kier alpha value is -0.650. The van der Waals surface area contributed by atoms with E-state index in [1.807, 2.05) is 0 Å². The Morgan fingerprint density at radius 3 is 2.81 bits per heavy atom. The maximum atomic E-state index is 11.7. The molecule has 2 rings (SSSR count). The zero-order chi connectivity index (χ0) is 11.6. The number of hydrogen-bond donors (Lipinski definition) is 1. The highest BCUT2D eigenvalue weighted by molar-refractivity contribution is 5.73. The zero-order valence-electron chi connectivity index (χ0n) is 9.48. The van der Waals surface area contributed by atoms with E-state index in [-0.39, 0.29) is 5.97 Å². The number of esters is 1. The number of carbonyl (C=O) groups is 1. The van der Waals surface area contributed by atoms with Gasteiger partial charge in [-0.2, -0.15) is 0 Å². The van der Waals surface area contributed by atoms with Crippen molar-refractivity contribution < 1.29 is 24.1 Å². The fraction of sp³-hybridized carbons (Fsp3) is 0.909. The van der Waals surface area contributed by atoms with Gasteiger partial charge in [0, 0.05) is 12.8 Å². The molecule has 1 aliphatic heterocycles. The van der Waals surface area contributed by atoms with Crippen molar-refractivity contribution in [3.8, 4) is 0 Å². The first kappa shape index (κ1) is 11.8. The van der Waals surface area contributed by atoms with Crippen molar-refractivity contribution in [1.29, 1.82) is 0 Å². The minimum Gasteiger partial charge on any atom is -0.466 e. The fourth-order valence-corrected chi connectivity index (χ4v) is 2.39. The Bertz CT molecular complexity index is 259. The van der Waals surface area contributed by atoms with Crippen LogP contribution in [0.25, 0.3) is 0 Å². The molecule has 2 fully saturated rings. The molecule has 2 atom stereocenters. The van der Waals surface area contributed by atoms with E-state index < -0.39 is 17.8 Å². The van der Waals surface area contributed by atoms with Crippen LogP contribution >= 0.6 is 0 Å². The molecule has 1 heterocycles. The van der Waals surface area contributed by atoms with Crippen molar-refractivity contribution >= 4 is 5.97 Å². The summed E-state index contributed by atoms with van der Waals surface area (Å²) in [4.78, 5) is 11.7. The van der Waals surface area contributed by atoms with E-state index in [1.165, 1.54) is 0 Å². The van der Waals surface area contributed by atoms with E-state index in [4.69, 9.17) is 14.2 Å². The van der Waals surface area contributed by atoms with Gasteiger partial charge in [-0.1, -0.05) is 0 Å². The Morgan fingerprint density at radius 1 is 1.50 bits per heavy atom. The Labute approximate surface area is 94.7 Å². The van der Waals surface area contributed by atoms with Gasteiger partial charge in [-0.25, -0.2) is 0 Å². The summed E-state index contributed by atoms with van der Waals surface area (Å²) in [5.41, 5.74) is 0. The number of hydrogen-bond acceptors (Lipinski definition) is 5. The predicted molar refractivity (Wildman–Crippen MR) is 54.6 cm³/mol. The highest BCUT2D eigenvalue weighted by atomic mass is 16.7. The Morgan fingerprint density at radius 2 is 2.19 bits per heavy atom. The second-order valence-electron chi connectivity index (χ2n) is 4.28. The van der Waals surface area contributed by atoms with Crippen LogP contribution in [-0.4, -0.2) is 42.8 Å². The molecule has 1 saturated carbocycles. The summed E-state index contributed by atoms with van der Waals surface area (Å²) in [5.74, 6) is -1.53. The van der Waals surface area contributed by atoms with Crippen molar-refractivity contribution in [2.24, 2.45) is 5.92 Å². The van der Waals surface area contributed by atoms with Gasteiger partial charge in [-0.3, -0.25) is 4.79 Å². The second-order valence-corrected chi connectivity index (χ2v) is 4.28. The number of ether oxygens (including phenoxy) is 3. The number of aliphatic hydroxyl groups excluding tert-OH is 1. The summed E-state index contributed by atoms with van der Waals surface area (Å²) in [5, 5.41) is 9.80. The smallest absolute Gasteiger partial charge is 0.311 e. The largest absolute Gasteiger partial charge is 0.466 e. The van der Waals surface area contributed by atoms with Gasteiger partial charge in [0.2, 0.25) is 0 Å². The van der Waals surface area contributed by atoms with E-state index >= 15 is 0 Å². The molecule has 1 N–H and O–H groups in total. The molecule has 0 amide bonds. The summed E-state index contributed by atoms with van der Waals surface area (Å²) < 4.78 is 16.0. The summed E-state index contributed by atoms with van der Waals surface area (Å²) >= 11 is 0. The molecule has 1 saturated heterocycles. The number of aliphatic hydroxyl groups is 1. The summed E-state index contributed by atoms with van der Waals surface area (Å²) in [6, 6.07) is 0. The van der Waals surface area contributed by atoms with Gasteiger partial charge in [0.05, 0.1) is 31.8 Å². The lowest BCUT2D eigenvalue weighted by molar-refractivity contribution is -0.209. The van der Waals surface area contributed by atoms with Crippen molar-refractivity contribution in [1.82, 2.24) is 0 Å². The molecule has 1 aliphatic carbocycles. The van der Waals surface area contributed by atoms with E-state index in [2.05, 4.69) is 0 Å². The molecule has 0 radical (unpaired) electrons. The molecule has 5 nitrogen and oxygen atoms in total. The average molecular weight is 230 g/mol. The molecular formula is C11H18O5. The third-order valence-electron chi connectivity index (χ3n) is 3.22. The van der Waals surface area contributed by atoms with Crippen LogP contribution in [0.3, 0.4) is 0 Å². The van der Waals surface area contributed by atoms with Crippen LogP contribution in [0.5, 0.6) is 0 Å². The van der Waals surface area contributed by atoms with Crippen LogP contribution in [0, 0.1) is 5.92 Å². The quantitative estimate of drug-likeness (QED) is 0.698. The van der Waals surface area contributed by atoms with Gasteiger partial charge in [-0.05, 0) is 13.3 Å². The SMILES string of the molecule is CCOC(=O)[C@@H]1CC2(CC[C@@H]1O)OCCO2. The van der Waals surface area contributed by atoms with Gasteiger partial charge in [0.25, 0.3) is 0 Å². The second kappa shape index (κ2) is 4.69. The Kier molecular flexibility index (Phi) is 3.47. The first-order valence-electron chi connectivity index (χ1n) is 5.79. The maximum Gasteiger partial charge on any atom is 0.311 e. The molecule has 5 heteroatoms. The van der Waals surface area contributed by atoms with Crippen molar-refractivity contribution in [2.45, 2.75) is 38.1 Å². The van der Waals surface area contributed by atoms with Gasteiger partial charge >= 0.3 is 5.97 Å². The van der Waals surface area contributed by atoms with Gasteiger partial charge in [0.15, 0.2) is 5.79 Å². The first-order valence-corrected chi connectivity index (χ1v) is 5.79. The summed E-state index contributed by atoms with van der Waals surface area (Å²) in [6.07, 6.45) is 0.915. The summed E-state index contributed by atoms with van der Waals surface area (Å²) in [6.45, 7) is 3.21. The molecule has 0 aromatic heterocycles. The minimum atomic E-state index is -0.656. The van der Waals surface area contributed by atoms with Crippen molar-refractivity contribution in [2.75, 3.05) is 19.8 Å². The van der Waals surface area contributed by atoms with E-state index in [9.17, 15) is 9.90 Å². The third kappa shape index (κ3) is 2.21. The minimum absolute atomic E-state index is 0.330. The maximum absolute atomic E-state index is 11.7. The summed E-state index contributed by atoms with van der Waals surface area (Å²) in [7, 11) is 0. The number of carbonyl (C=O) groups excluding carboxylic acids is 1. The third-order valence-corrected chi connectivity index (χ3v) is 3.22. The molecule has 0 aromatic carbocycles. The molecule has 1 spiro atoms. The van der Waals surface area contributed by atoms with Gasteiger partial charge in [0.1, 0.15) is 0 Å². The molecule has 2 aliphatic rings. The fourth-order valence-electron chi connectivity index (χ4n) is 2.39. The van der Waals surface area contributed by atoms with E-state index in [0.717, 1.165) is 0 Å². The van der Waals surface area contributed by atoms with E-state index in [0.29, 0.717) is 39.1 Å².